The molecule has 1 aliphatic carbocycles. The number of fused-ring (bicyclic) bond motifs is 8. The molecule has 0 amide bonds. The van der Waals surface area contributed by atoms with Gasteiger partial charge in [0, 0.05) is 38.7 Å². The molecule has 12 rings (SSSR count). The maximum atomic E-state index is 2.52. The SMILES string of the molecule is c1ccc(-c2ccccc2N(c2ccc3c(c2)c2ccccc2n3-c2ccccc2-c2ccccc2)c2cccc3c2-c2c4ccccc4cc4cccc-3c24)cc1. The van der Waals surface area contributed by atoms with Crippen molar-refractivity contribution in [2.45, 2.75) is 0 Å². The second-order valence-electron chi connectivity index (χ2n) is 15.2. The summed E-state index contributed by atoms with van der Waals surface area (Å²) in [6.45, 7) is 0. The summed E-state index contributed by atoms with van der Waals surface area (Å²) in [6, 6.07) is 80.0. The molecule has 0 unspecified atom stereocenters. The van der Waals surface area contributed by atoms with Crippen molar-refractivity contribution >= 4 is 60.4 Å². The molecule has 0 bridgehead atoms. The summed E-state index contributed by atoms with van der Waals surface area (Å²) < 4.78 is 2.45. The van der Waals surface area contributed by atoms with Crippen LogP contribution in [0.3, 0.4) is 0 Å². The van der Waals surface area contributed by atoms with E-state index in [1.165, 1.54) is 87.9 Å². The van der Waals surface area contributed by atoms with Gasteiger partial charge < -0.3 is 9.47 Å². The minimum atomic E-state index is 1.11. The average molecular weight is 737 g/mol. The van der Waals surface area contributed by atoms with Crippen molar-refractivity contribution in [1.29, 1.82) is 0 Å². The van der Waals surface area contributed by atoms with Crippen LogP contribution in [0, 0.1) is 0 Å². The summed E-state index contributed by atoms with van der Waals surface area (Å²) in [5.41, 5.74) is 16.8. The van der Waals surface area contributed by atoms with Crippen LogP contribution in [0.5, 0.6) is 0 Å². The Bertz CT molecular complexity index is 3390. The lowest BCUT2D eigenvalue weighted by Crippen LogP contribution is -2.12. The predicted molar refractivity (Wildman–Crippen MR) is 246 cm³/mol. The molecule has 2 nitrogen and oxygen atoms in total. The van der Waals surface area contributed by atoms with Crippen LogP contribution in [0.4, 0.5) is 17.1 Å². The number of hydrogen-bond donors (Lipinski definition) is 0. The van der Waals surface area contributed by atoms with Gasteiger partial charge in [0.15, 0.2) is 0 Å². The lowest BCUT2D eigenvalue weighted by atomic mass is 9.94. The molecular weight excluding hydrogens is 701 g/mol. The van der Waals surface area contributed by atoms with Gasteiger partial charge in [0.2, 0.25) is 0 Å². The number of benzene rings is 10. The fourth-order valence-electron chi connectivity index (χ4n) is 9.65. The van der Waals surface area contributed by atoms with Gasteiger partial charge in [-0.15, -0.1) is 0 Å². The van der Waals surface area contributed by atoms with E-state index in [0.29, 0.717) is 0 Å². The summed E-state index contributed by atoms with van der Waals surface area (Å²) in [7, 11) is 0. The van der Waals surface area contributed by atoms with Crippen molar-refractivity contribution in [3.05, 3.63) is 218 Å². The van der Waals surface area contributed by atoms with E-state index in [1.54, 1.807) is 0 Å². The molecule has 1 aliphatic rings. The number of rotatable bonds is 6. The van der Waals surface area contributed by atoms with Crippen molar-refractivity contribution < 1.29 is 0 Å². The van der Waals surface area contributed by atoms with Crippen LogP contribution in [0.2, 0.25) is 0 Å². The Kier molecular flexibility index (Phi) is 7.26. The number of anilines is 3. The second kappa shape index (κ2) is 12.9. The highest BCUT2D eigenvalue weighted by Crippen LogP contribution is 2.56. The van der Waals surface area contributed by atoms with E-state index in [4.69, 9.17) is 0 Å². The summed E-state index contributed by atoms with van der Waals surface area (Å²) in [6.07, 6.45) is 0. The summed E-state index contributed by atoms with van der Waals surface area (Å²) in [4.78, 5) is 2.52. The van der Waals surface area contributed by atoms with Crippen LogP contribution in [-0.4, -0.2) is 4.57 Å². The molecule has 2 heteroatoms. The first-order valence-electron chi connectivity index (χ1n) is 20.0. The Hall–Kier alpha value is -7.68. The number of para-hydroxylation sites is 3. The van der Waals surface area contributed by atoms with Gasteiger partial charge >= 0.3 is 0 Å². The summed E-state index contributed by atoms with van der Waals surface area (Å²) in [5, 5.41) is 7.57. The first-order valence-corrected chi connectivity index (χ1v) is 20.0. The quantitative estimate of drug-likeness (QED) is 0.154. The Morgan fingerprint density at radius 1 is 0.328 bits per heavy atom. The Morgan fingerprint density at radius 2 is 0.914 bits per heavy atom. The molecule has 11 aromatic rings. The molecule has 1 heterocycles. The van der Waals surface area contributed by atoms with Crippen LogP contribution in [0.25, 0.3) is 93.5 Å². The molecule has 0 spiro atoms. The van der Waals surface area contributed by atoms with E-state index >= 15 is 0 Å². The molecule has 0 fully saturated rings. The van der Waals surface area contributed by atoms with Gasteiger partial charge in [0.25, 0.3) is 0 Å². The average Bonchev–Trinajstić information content (AvgIpc) is 3.82. The summed E-state index contributed by atoms with van der Waals surface area (Å²) in [5.74, 6) is 0. The van der Waals surface area contributed by atoms with Crippen molar-refractivity contribution in [1.82, 2.24) is 4.57 Å². The third-order valence-electron chi connectivity index (χ3n) is 12.1. The number of aromatic nitrogens is 1. The fraction of sp³-hybridized carbons (Fsp3) is 0. The van der Waals surface area contributed by atoms with Crippen molar-refractivity contribution in [2.75, 3.05) is 4.90 Å². The smallest absolute Gasteiger partial charge is 0.0547 e. The zero-order chi connectivity index (χ0) is 38.2. The predicted octanol–water partition coefficient (Wildman–Crippen LogP) is 15.5. The molecule has 0 radical (unpaired) electrons. The van der Waals surface area contributed by atoms with E-state index in [1.807, 2.05) is 0 Å². The van der Waals surface area contributed by atoms with Gasteiger partial charge in [-0.25, -0.2) is 0 Å². The highest BCUT2D eigenvalue weighted by atomic mass is 15.1. The molecule has 0 saturated heterocycles. The fourth-order valence-corrected chi connectivity index (χ4v) is 9.65. The van der Waals surface area contributed by atoms with Gasteiger partial charge in [-0.1, -0.05) is 170 Å². The van der Waals surface area contributed by atoms with Crippen molar-refractivity contribution in [3.63, 3.8) is 0 Å². The monoisotopic (exact) mass is 736 g/mol. The third-order valence-corrected chi connectivity index (χ3v) is 12.1. The van der Waals surface area contributed by atoms with E-state index in [0.717, 1.165) is 22.7 Å². The van der Waals surface area contributed by atoms with Crippen LogP contribution in [0.15, 0.2) is 218 Å². The number of hydrogen-bond acceptors (Lipinski definition) is 1. The van der Waals surface area contributed by atoms with E-state index in [-0.39, 0.29) is 0 Å². The molecular formula is C56H36N2. The zero-order valence-electron chi connectivity index (χ0n) is 31.7. The van der Waals surface area contributed by atoms with Gasteiger partial charge in [0.05, 0.1) is 28.1 Å². The van der Waals surface area contributed by atoms with Gasteiger partial charge in [-0.05, 0) is 92.3 Å². The van der Waals surface area contributed by atoms with Crippen molar-refractivity contribution in [3.8, 4) is 50.2 Å². The van der Waals surface area contributed by atoms with Gasteiger partial charge in [-0.3, -0.25) is 0 Å². The van der Waals surface area contributed by atoms with Gasteiger partial charge in [0.1, 0.15) is 0 Å². The maximum Gasteiger partial charge on any atom is 0.0547 e. The lowest BCUT2D eigenvalue weighted by molar-refractivity contribution is 1.18. The maximum absolute atomic E-state index is 2.52. The number of nitrogens with zero attached hydrogens (tertiary/aromatic N) is 2. The topological polar surface area (TPSA) is 8.17 Å². The van der Waals surface area contributed by atoms with Crippen LogP contribution in [-0.2, 0) is 0 Å². The van der Waals surface area contributed by atoms with Crippen molar-refractivity contribution in [2.24, 2.45) is 0 Å². The van der Waals surface area contributed by atoms with Crippen LogP contribution in [0.1, 0.15) is 0 Å². The Morgan fingerprint density at radius 3 is 1.76 bits per heavy atom. The molecule has 0 atom stereocenters. The van der Waals surface area contributed by atoms with Crippen LogP contribution < -0.4 is 4.90 Å². The molecule has 0 saturated carbocycles. The largest absolute Gasteiger partial charge is 0.309 e. The van der Waals surface area contributed by atoms with E-state index < -0.39 is 0 Å². The Labute approximate surface area is 337 Å². The zero-order valence-corrected chi connectivity index (χ0v) is 31.7. The van der Waals surface area contributed by atoms with E-state index in [9.17, 15) is 0 Å². The van der Waals surface area contributed by atoms with Gasteiger partial charge in [-0.2, -0.15) is 0 Å². The molecule has 0 N–H and O–H groups in total. The molecule has 0 aliphatic heterocycles. The summed E-state index contributed by atoms with van der Waals surface area (Å²) >= 11 is 0. The highest BCUT2D eigenvalue weighted by Gasteiger charge is 2.30. The minimum Gasteiger partial charge on any atom is -0.309 e. The highest BCUT2D eigenvalue weighted by molar-refractivity contribution is 6.26. The van der Waals surface area contributed by atoms with Crippen LogP contribution >= 0.6 is 0 Å². The Balaban J connectivity index is 1.16. The molecule has 1 aromatic heterocycles. The van der Waals surface area contributed by atoms with E-state index in [2.05, 4.69) is 228 Å². The standard InChI is InChI=1S/C56H36N2/c1-3-17-37(18-4-1)42-23-9-12-29-49(42)57(53-32-16-28-47-46-27-15-22-40-35-39-21-7-8-25-44(39)56(54(40)46)55(47)53)41-33-34-52-48(36-41)45-26-11-14-31-51(45)58(52)50-30-13-10-24-43(50)38-19-5-2-6-20-38/h1-36H. The normalized spacial score (nSPS) is 11.8. The molecule has 270 valence electrons. The first-order chi connectivity index (χ1) is 28.8. The minimum absolute atomic E-state index is 1.11. The molecule has 58 heavy (non-hydrogen) atoms. The second-order valence-corrected chi connectivity index (χ2v) is 15.2. The molecule has 10 aromatic carbocycles. The third kappa shape index (κ3) is 4.85. The first kappa shape index (κ1) is 32.6. The lowest BCUT2D eigenvalue weighted by Gasteiger charge is -2.30.